The lowest BCUT2D eigenvalue weighted by Gasteiger charge is -2.39. The van der Waals surface area contributed by atoms with Crippen molar-refractivity contribution in [3.63, 3.8) is 0 Å². The van der Waals surface area contributed by atoms with Gasteiger partial charge in [-0.1, -0.05) is 30.3 Å². The molecule has 3 heterocycles. The maximum absolute atomic E-state index is 12.3. The van der Waals surface area contributed by atoms with Crippen LogP contribution in [0, 0.1) is 0 Å². The Morgan fingerprint density at radius 2 is 1.93 bits per heavy atom. The summed E-state index contributed by atoms with van der Waals surface area (Å²) in [7, 11) is 0. The summed E-state index contributed by atoms with van der Waals surface area (Å²) in [6.45, 7) is 3.34. The number of nitrogens with zero attached hydrogens (tertiary/aromatic N) is 4. The Labute approximate surface area is 163 Å². The number of aromatic nitrogens is 4. The Kier molecular flexibility index (Phi) is 4.44. The minimum Gasteiger partial charge on any atom is -0.344 e. The van der Waals surface area contributed by atoms with Gasteiger partial charge in [-0.3, -0.25) is 14.4 Å². The molecule has 2 N–H and O–H groups in total. The van der Waals surface area contributed by atoms with E-state index in [1.807, 2.05) is 29.1 Å². The highest BCUT2D eigenvalue weighted by Crippen LogP contribution is 2.38. The van der Waals surface area contributed by atoms with Gasteiger partial charge in [0.25, 0.3) is 5.91 Å². The number of H-pyrrole nitrogens is 1. The van der Waals surface area contributed by atoms with Crippen LogP contribution in [0.4, 0.5) is 0 Å². The third-order valence-electron chi connectivity index (χ3n) is 5.40. The van der Waals surface area contributed by atoms with Crippen molar-refractivity contribution in [2.24, 2.45) is 0 Å². The number of amides is 1. The van der Waals surface area contributed by atoms with Gasteiger partial charge in [0.05, 0.1) is 18.8 Å². The summed E-state index contributed by atoms with van der Waals surface area (Å²) in [6.07, 6.45) is 8.22. The number of carbonyl (C=O) groups excluding carboxylic acids is 1. The van der Waals surface area contributed by atoms with Crippen molar-refractivity contribution in [1.29, 1.82) is 0 Å². The smallest absolute Gasteiger partial charge is 0.287 e. The number of imidazole rings is 1. The molecule has 0 bridgehead atoms. The van der Waals surface area contributed by atoms with Crippen molar-refractivity contribution in [2.75, 3.05) is 13.1 Å². The minimum atomic E-state index is -0.104. The molecule has 28 heavy (non-hydrogen) atoms. The molecule has 1 aromatic carbocycles. The molecule has 144 valence electrons. The number of benzene rings is 1. The van der Waals surface area contributed by atoms with E-state index in [9.17, 15) is 4.79 Å². The van der Waals surface area contributed by atoms with Crippen LogP contribution in [0.5, 0.6) is 0 Å². The number of rotatable bonds is 7. The lowest BCUT2D eigenvalue weighted by atomic mass is 10.1. The molecule has 7 heteroatoms. The van der Waals surface area contributed by atoms with Gasteiger partial charge >= 0.3 is 0 Å². The van der Waals surface area contributed by atoms with Crippen molar-refractivity contribution < 1.29 is 4.79 Å². The summed E-state index contributed by atoms with van der Waals surface area (Å²) >= 11 is 0. The van der Waals surface area contributed by atoms with Crippen LogP contribution in [0.3, 0.4) is 0 Å². The minimum absolute atomic E-state index is 0.104. The van der Waals surface area contributed by atoms with Crippen molar-refractivity contribution in [1.82, 2.24) is 30.0 Å². The molecule has 0 unspecified atom stereocenters. The predicted octanol–water partition coefficient (Wildman–Crippen LogP) is 2.15. The van der Waals surface area contributed by atoms with Gasteiger partial charge in [0.15, 0.2) is 5.82 Å². The third-order valence-corrected chi connectivity index (χ3v) is 5.40. The molecular formula is C21H24N6O. The Bertz CT molecular complexity index is 952. The number of aromatic amines is 1. The third kappa shape index (κ3) is 3.84. The Hall–Kier alpha value is -2.93. The van der Waals surface area contributed by atoms with E-state index in [0.717, 1.165) is 31.9 Å². The second-order valence-electron chi connectivity index (χ2n) is 7.86. The highest BCUT2D eigenvalue weighted by molar-refractivity contribution is 5.90. The number of hydrogen-bond donors (Lipinski definition) is 2. The summed E-state index contributed by atoms with van der Waals surface area (Å²) in [5.74, 6) is 0.908. The van der Waals surface area contributed by atoms with Gasteiger partial charge in [0.1, 0.15) is 0 Å². The first kappa shape index (κ1) is 17.2. The summed E-state index contributed by atoms with van der Waals surface area (Å²) in [5, 5.41) is 7.52. The van der Waals surface area contributed by atoms with E-state index < -0.39 is 0 Å². The molecule has 2 fully saturated rings. The topological polar surface area (TPSA) is 78.8 Å². The van der Waals surface area contributed by atoms with Gasteiger partial charge in [-0.2, -0.15) is 5.10 Å². The highest BCUT2D eigenvalue weighted by atomic mass is 16.2. The van der Waals surface area contributed by atoms with E-state index in [1.54, 1.807) is 6.20 Å². The molecule has 1 aliphatic carbocycles. The standard InChI is InChI=1S/C21H24N6O/c28-21(20-22-9-19(25-20)17-6-7-17)24-18-13-26(14-18)10-16-8-23-27(12-16)11-15-4-2-1-3-5-15/h1-5,8-9,12,17-18H,6-7,10-11,13-14H2,(H,22,25)(H,24,28). The summed E-state index contributed by atoms with van der Waals surface area (Å²) in [5.41, 5.74) is 3.53. The Morgan fingerprint density at radius 3 is 2.71 bits per heavy atom. The monoisotopic (exact) mass is 376 g/mol. The number of likely N-dealkylation sites (tertiary alicyclic amines) is 1. The molecule has 2 aromatic heterocycles. The molecule has 0 spiro atoms. The molecular weight excluding hydrogens is 352 g/mol. The summed E-state index contributed by atoms with van der Waals surface area (Å²) in [4.78, 5) is 22.0. The van der Waals surface area contributed by atoms with Gasteiger partial charge in [-0.15, -0.1) is 0 Å². The molecule has 1 aliphatic heterocycles. The first-order valence-electron chi connectivity index (χ1n) is 9.86. The maximum Gasteiger partial charge on any atom is 0.287 e. The van der Waals surface area contributed by atoms with Crippen molar-refractivity contribution in [3.05, 3.63) is 71.6 Å². The zero-order chi connectivity index (χ0) is 18.9. The first-order chi connectivity index (χ1) is 13.7. The summed E-state index contributed by atoms with van der Waals surface area (Å²) in [6, 6.07) is 10.5. The molecule has 7 nitrogen and oxygen atoms in total. The fraction of sp³-hybridized carbons (Fsp3) is 0.381. The van der Waals surface area contributed by atoms with Gasteiger partial charge in [0, 0.05) is 49.2 Å². The average molecular weight is 376 g/mol. The zero-order valence-corrected chi connectivity index (χ0v) is 15.7. The van der Waals surface area contributed by atoms with Gasteiger partial charge < -0.3 is 10.3 Å². The largest absolute Gasteiger partial charge is 0.344 e. The zero-order valence-electron chi connectivity index (χ0n) is 15.7. The number of nitrogens with one attached hydrogen (secondary N) is 2. The van der Waals surface area contributed by atoms with E-state index in [1.165, 1.54) is 24.0 Å². The second-order valence-corrected chi connectivity index (χ2v) is 7.86. The van der Waals surface area contributed by atoms with E-state index >= 15 is 0 Å². The molecule has 0 atom stereocenters. The van der Waals surface area contributed by atoms with Crippen LogP contribution in [0.25, 0.3) is 0 Å². The highest BCUT2D eigenvalue weighted by Gasteiger charge is 2.30. The summed E-state index contributed by atoms with van der Waals surface area (Å²) < 4.78 is 1.97. The normalized spacial score (nSPS) is 17.4. The lowest BCUT2D eigenvalue weighted by molar-refractivity contribution is 0.0786. The van der Waals surface area contributed by atoms with Crippen molar-refractivity contribution in [2.45, 2.75) is 37.9 Å². The predicted molar refractivity (Wildman–Crippen MR) is 105 cm³/mol. The van der Waals surface area contributed by atoms with E-state index in [-0.39, 0.29) is 11.9 Å². The van der Waals surface area contributed by atoms with Crippen LogP contribution in [0.2, 0.25) is 0 Å². The van der Waals surface area contributed by atoms with Gasteiger partial charge in [0.2, 0.25) is 0 Å². The fourth-order valence-electron chi connectivity index (χ4n) is 3.70. The fourth-order valence-corrected chi connectivity index (χ4v) is 3.70. The molecule has 3 aromatic rings. The SMILES string of the molecule is O=C(NC1CN(Cc2cnn(Cc3ccccc3)c2)C1)c1ncc(C2CC2)[nH]1. The van der Waals surface area contributed by atoms with Crippen LogP contribution in [0.15, 0.2) is 48.9 Å². The number of hydrogen-bond acceptors (Lipinski definition) is 4. The average Bonchev–Trinajstić information content (AvgIpc) is 3.23. The molecule has 2 aliphatic rings. The molecule has 1 saturated carbocycles. The quantitative estimate of drug-likeness (QED) is 0.662. The van der Waals surface area contributed by atoms with Gasteiger partial charge in [-0.05, 0) is 18.4 Å². The van der Waals surface area contributed by atoms with Gasteiger partial charge in [-0.25, -0.2) is 4.98 Å². The maximum atomic E-state index is 12.3. The Morgan fingerprint density at radius 1 is 1.11 bits per heavy atom. The van der Waals surface area contributed by atoms with Crippen LogP contribution in [-0.4, -0.2) is 49.7 Å². The van der Waals surface area contributed by atoms with E-state index in [4.69, 9.17) is 0 Å². The van der Waals surface area contributed by atoms with E-state index in [0.29, 0.717) is 11.7 Å². The molecule has 1 amide bonds. The Balaban J connectivity index is 1.08. The molecule has 5 rings (SSSR count). The van der Waals surface area contributed by atoms with Crippen LogP contribution < -0.4 is 5.32 Å². The van der Waals surface area contributed by atoms with E-state index in [2.05, 4.69) is 43.6 Å². The van der Waals surface area contributed by atoms with Crippen molar-refractivity contribution >= 4 is 5.91 Å². The first-order valence-corrected chi connectivity index (χ1v) is 9.86. The van der Waals surface area contributed by atoms with Crippen molar-refractivity contribution in [3.8, 4) is 0 Å². The van der Waals surface area contributed by atoms with Crippen LogP contribution >= 0.6 is 0 Å². The van der Waals surface area contributed by atoms with Crippen LogP contribution in [0.1, 0.15) is 46.2 Å². The number of carbonyl (C=O) groups is 1. The lowest BCUT2D eigenvalue weighted by Crippen LogP contribution is -2.58. The second kappa shape index (κ2) is 7.24. The molecule has 0 radical (unpaired) electrons. The van der Waals surface area contributed by atoms with Crippen LogP contribution in [-0.2, 0) is 13.1 Å². The molecule has 1 saturated heterocycles.